The maximum atomic E-state index is 12.8. The fraction of sp³-hybridized carbons (Fsp3) is 1.00. The molecule has 8 heteroatoms. The van der Waals surface area contributed by atoms with Gasteiger partial charge in [0.05, 0.1) is 5.25 Å². The third-order valence-electron chi connectivity index (χ3n) is 2.97. The summed E-state index contributed by atoms with van der Waals surface area (Å²) >= 11 is 0. The highest BCUT2D eigenvalue weighted by Crippen LogP contribution is 2.45. The van der Waals surface area contributed by atoms with Crippen LogP contribution in [-0.2, 0) is 13.8 Å². The molecule has 2 atom stereocenters. The SMILES string of the molecule is COC1(C(F)(F)F)CCCC(S(=O)(=O)Cl)C1. The van der Waals surface area contributed by atoms with Gasteiger partial charge in [0.1, 0.15) is 0 Å². The first-order chi connectivity index (χ1) is 7.12. The molecule has 0 saturated heterocycles. The molecule has 0 spiro atoms. The summed E-state index contributed by atoms with van der Waals surface area (Å²) in [7, 11) is 2.06. The molecule has 1 fully saturated rings. The summed E-state index contributed by atoms with van der Waals surface area (Å²) in [5.41, 5.74) is -2.38. The maximum Gasteiger partial charge on any atom is 0.417 e. The van der Waals surface area contributed by atoms with E-state index in [1.807, 2.05) is 0 Å². The van der Waals surface area contributed by atoms with Crippen LogP contribution in [0, 0.1) is 0 Å². The van der Waals surface area contributed by atoms with Crippen LogP contribution in [0.25, 0.3) is 0 Å². The highest BCUT2D eigenvalue weighted by atomic mass is 35.7. The zero-order valence-electron chi connectivity index (χ0n) is 8.55. The second kappa shape index (κ2) is 4.34. The van der Waals surface area contributed by atoms with Crippen LogP contribution in [0.4, 0.5) is 13.2 Å². The first-order valence-corrected chi connectivity index (χ1v) is 7.05. The maximum absolute atomic E-state index is 12.8. The lowest BCUT2D eigenvalue weighted by atomic mass is 9.83. The van der Waals surface area contributed by atoms with Gasteiger partial charge in [-0.25, -0.2) is 8.42 Å². The second-order valence-corrected chi connectivity index (χ2v) is 6.80. The summed E-state index contributed by atoms with van der Waals surface area (Å²) in [5, 5.41) is -1.19. The van der Waals surface area contributed by atoms with Crippen molar-refractivity contribution in [2.45, 2.75) is 42.7 Å². The molecule has 96 valence electrons. The van der Waals surface area contributed by atoms with E-state index in [-0.39, 0.29) is 19.3 Å². The minimum absolute atomic E-state index is 0.129. The topological polar surface area (TPSA) is 43.4 Å². The zero-order chi connectivity index (χ0) is 12.6. The lowest BCUT2D eigenvalue weighted by Gasteiger charge is -2.39. The van der Waals surface area contributed by atoms with Crippen LogP contribution in [0.1, 0.15) is 25.7 Å². The molecule has 0 aromatic carbocycles. The Labute approximate surface area is 96.3 Å². The Balaban J connectivity index is 2.99. The van der Waals surface area contributed by atoms with Crippen LogP contribution < -0.4 is 0 Å². The molecule has 0 aromatic heterocycles. The van der Waals surface area contributed by atoms with E-state index in [1.165, 1.54) is 0 Å². The van der Waals surface area contributed by atoms with Crippen molar-refractivity contribution < 1.29 is 26.3 Å². The Morgan fingerprint density at radius 1 is 1.44 bits per heavy atom. The van der Waals surface area contributed by atoms with Crippen molar-refractivity contribution in [2.24, 2.45) is 0 Å². The van der Waals surface area contributed by atoms with Gasteiger partial charge in [-0.15, -0.1) is 0 Å². The van der Waals surface area contributed by atoms with Crippen molar-refractivity contribution in [1.82, 2.24) is 0 Å². The lowest BCUT2D eigenvalue weighted by Crippen LogP contribution is -2.52. The standard InChI is InChI=1S/C8H12ClF3O3S/c1-15-7(8(10,11)12)4-2-3-6(5-7)16(9,13)14/h6H,2-5H2,1H3. The second-order valence-electron chi connectivity index (χ2n) is 3.89. The average Bonchev–Trinajstić information content (AvgIpc) is 2.15. The number of ether oxygens (including phenoxy) is 1. The number of hydrogen-bond acceptors (Lipinski definition) is 3. The largest absolute Gasteiger partial charge is 0.417 e. The van der Waals surface area contributed by atoms with Crippen LogP contribution >= 0.6 is 10.7 Å². The number of hydrogen-bond donors (Lipinski definition) is 0. The van der Waals surface area contributed by atoms with E-state index in [0.717, 1.165) is 7.11 Å². The Kier molecular flexibility index (Phi) is 3.81. The van der Waals surface area contributed by atoms with Crippen LogP contribution in [0.3, 0.4) is 0 Å². The molecule has 3 nitrogen and oxygen atoms in total. The Hall–Kier alpha value is -0.0100. The summed E-state index contributed by atoms with van der Waals surface area (Å²) in [6, 6.07) is 0. The van der Waals surface area contributed by atoms with E-state index >= 15 is 0 Å². The molecule has 1 saturated carbocycles. The third kappa shape index (κ3) is 2.62. The quantitative estimate of drug-likeness (QED) is 0.730. The first kappa shape index (κ1) is 14.1. The molecule has 0 bridgehead atoms. The third-order valence-corrected chi connectivity index (χ3v) is 4.92. The molecule has 2 unspecified atom stereocenters. The fourth-order valence-corrected chi connectivity index (χ4v) is 3.36. The molecule has 1 rings (SSSR count). The molecule has 0 aliphatic heterocycles. The van der Waals surface area contributed by atoms with Gasteiger partial charge in [-0.05, 0) is 19.3 Å². The van der Waals surface area contributed by atoms with Gasteiger partial charge < -0.3 is 4.74 Å². The van der Waals surface area contributed by atoms with E-state index < -0.39 is 32.5 Å². The monoisotopic (exact) mass is 280 g/mol. The van der Waals surface area contributed by atoms with Gasteiger partial charge in [0.2, 0.25) is 9.05 Å². The number of alkyl halides is 3. The predicted molar refractivity (Wildman–Crippen MR) is 52.8 cm³/mol. The summed E-state index contributed by atoms with van der Waals surface area (Å²) in [6.07, 6.45) is -5.16. The molecule has 0 N–H and O–H groups in total. The molecule has 0 amide bonds. The van der Waals surface area contributed by atoms with Gasteiger partial charge in [-0.2, -0.15) is 13.2 Å². The van der Waals surface area contributed by atoms with E-state index in [1.54, 1.807) is 0 Å². The molecule has 0 aromatic rings. The molecule has 1 aliphatic carbocycles. The van der Waals surface area contributed by atoms with Gasteiger partial charge in [0.25, 0.3) is 0 Å². The Morgan fingerprint density at radius 2 is 2.00 bits per heavy atom. The van der Waals surface area contributed by atoms with Crippen molar-refractivity contribution in [1.29, 1.82) is 0 Å². The number of methoxy groups -OCH3 is 1. The van der Waals surface area contributed by atoms with Gasteiger partial charge in [-0.3, -0.25) is 0 Å². The van der Waals surface area contributed by atoms with E-state index in [9.17, 15) is 21.6 Å². The van der Waals surface area contributed by atoms with Crippen LogP contribution in [0.2, 0.25) is 0 Å². The minimum atomic E-state index is -4.58. The summed E-state index contributed by atoms with van der Waals surface area (Å²) in [4.78, 5) is 0. The Bertz CT molecular complexity index is 354. The average molecular weight is 281 g/mol. The normalized spacial score (nSPS) is 32.7. The van der Waals surface area contributed by atoms with Crippen molar-refractivity contribution >= 4 is 19.7 Å². The number of halogens is 4. The highest BCUT2D eigenvalue weighted by molar-refractivity contribution is 8.14. The summed E-state index contributed by atoms with van der Waals surface area (Å²) in [6.45, 7) is 0. The van der Waals surface area contributed by atoms with Crippen LogP contribution in [0.15, 0.2) is 0 Å². The lowest BCUT2D eigenvalue weighted by molar-refractivity contribution is -0.278. The highest BCUT2D eigenvalue weighted by Gasteiger charge is 2.58. The van der Waals surface area contributed by atoms with Crippen molar-refractivity contribution in [2.75, 3.05) is 7.11 Å². The van der Waals surface area contributed by atoms with E-state index in [4.69, 9.17) is 10.7 Å². The molecule has 0 heterocycles. The molecular weight excluding hydrogens is 269 g/mol. The first-order valence-electron chi connectivity index (χ1n) is 4.68. The summed E-state index contributed by atoms with van der Waals surface area (Å²) in [5.74, 6) is 0. The van der Waals surface area contributed by atoms with Crippen molar-refractivity contribution in [3.8, 4) is 0 Å². The summed E-state index contributed by atoms with van der Waals surface area (Å²) < 4.78 is 65.0. The van der Waals surface area contributed by atoms with Crippen LogP contribution in [-0.4, -0.2) is 32.6 Å². The minimum Gasteiger partial charge on any atom is -0.369 e. The molecule has 16 heavy (non-hydrogen) atoms. The molecule has 1 aliphatic rings. The van der Waals surface area contributed by atoms with Gasteiger partial charge in [0.15, 0.2) is 5.60 Å². The van der Waals surface area contributed by atoms with Crippen molar-refractivity contribution in [3.05, 3.63) is 0 Å². The fourth-order valence-electron chi connectivity index (χ4n) is 1.99. The van der Waals surface area contributed by atoms with E-state index in [2.05, 4.69) is 4.74 Å². The molecule has 0 radical (unpaired) electrons. The van der Waals surface area contributed by atoms with Gasteiger partial charge in [-0.1, -0.05) is 0 Å². The van der Waals surface area contributed by atoms with Crippen LogP contribution in [0.5, 0.6) is 0 Å². The zero-order valence-corrected chi connectivity index (χ0v) is 10.1. The molecular formula is C8H12ClF3O3S. The van der Waals surface area contributed by atoms with Crippen molar-refractivity contribution in [3.63, 3.8) is 0 Å². The smallest absolute Gasteiger partial charge is 0.369 e. The van der Waals surface area contributed by atoms with E-state index in [0.29, 0.717) is 0 Å². The Morgan fingerprint density at radius 3 is 2.38 bits per heavy atom. The van der Waals surface area contributed by atoms with Gasteiger partial charge >= 0.3 is 6.18 Å². The van der Waals surface area contributed by atoms with Gasteiger partial charge in [0, 0.05) is 24.2 Å². The predicted octanol–water partition coefficient (Wildman–Crippen LogP) is 2.45. The number of rotatable bonds is 2.